The third-order valence-electron chi connectivity index (χ3n) is 8.82. The van der Waals surface area contributed by atoms with Crippen molar-refractivity contribution in [2.45, 2.75) is 63.6 Å². The number of amides is 1. The van der Waals surface area contributed by atoms with Crippen LogP contribution in [0.1, 0.15) is 55.3 Å². The molecule has 1 aromatic carbocycles. The molecular formula is C28H29ClFN3O4. The molecule has 3 saturated carbocycles. The van der Waals surface area contributed by atoms with E-state index in [1.165, 1.54) is 11.6 Å². The predicted octanol–water partition coefficient (Wildman–Crippen LogP) is 4.96. The van der Waals surface area contributed by atoms with Crippen molar-refractivity contribution in [2.75, 3.05) is 13.2 Å². The summed E-state index contributed by atoms with van der Waals surface area (Å²) in [5.74, 6) is -1.23. The van der Waals surface area contributed by atoms with Crippen LogP contribution in [0.2, 0.25) is 5.02 Å². The van der Waals surface area contributed by atoms with Gasteiger partial charge in [-0.15, -0.1) is 0 Å². The minimum atomic E-state index is -0.702. The zero-order valence-electron chi connectivity index (χ0n) is 20.5. The van der Waals surface area contributed by atoms with Crippen LogP contribution in [0, 0.1) is 11.2 Å². The summed E-state index contributed by atoms with van der Waals surface area (Å²) in [5.41, 5.74) is 2.77. The second-order valence-corrected chi connectivity index (χ2v) is 11.2. The zero-order valence-corrected chi connectivity index (χ0v) is 21.3. The monoisotopic (exact) mass is 525 g/mol. The van der Waals surface area contributed by atoms with Gasteiger partial charge in [0.25, 0.3) is 0 Å². The fourth-order valence-electron chi connectivity index (χ4n) is 6.46. The van der Waals surface area contributed by atoms with Crippen molar-refractivity contribution in [1.82, 2.24) is 14.5 Å². The fourth-order valence-corrected chi connectivity index (χ4v) is 6.58. The molecule has 7 nitrogen and oxygen atoms in total. The van der Waals surface area contributed by atoms with E-state index in [1.807, 2.05) is 17.0 Å². The van der Waals surface area contributed by atoms with Crippen molar-refractivity contribution in [3.05, 3.63) is 64.2 Å². The molecule has 3 aromatic rings. The summed E-state index contributed by atoms with van der Waals surface area (Å²) in [4.78, 5) is 31.4. The maximum absolute atomic E-state index is 14.1. The van der Waals surface area contributed by atoms with Gasteiger partial charge in [-0.25, -0.2) is 9.37 Å². The number of carboxylic acids is 1. The molecule has 3 aliphatic carbocycles. The number of rotatable bonds is 6. The molecule has 9 heteroatoms. The van der Waals surface area contributed by atoms with Gasteiger partial charge in [-0.1, -0.05) is 17.7 Å². The number of nitrogens with zero attached hydrogens (tertiary/aromatic N) is 3. The molecule has 1 amide bonds. The Balaban J connectivity index is 1.20. The first kappa shape index (κ1) is 24.4. The Labute approximate surface area is 219 Å². The minimum absolute atomic E-state index is 0.00369. The first-order valence-corrected chi connectivity index (χ1v) is 13.2. The summed E-state index contributed by atoms with van der Waals surface area (Å²) in [6, 6.07) is 8.76. The number of halogens is 2. The van der Waals surface area contributed by atoms with Gasteiger partial charge in [-0.2, -0.15) is 0 Å². The lowest BCUT2D eigenvalue weighted by Crippen LogP contribution is -2.52. The predicted molar refractivity (Wildman–Crippen MR) is 136 cm³/mol. The quantitative estimate of drug-likeness (QED) is 0.492. The lowest BCUT2D eigenvalue weighted by atomic mass is 9.58. The van der Waals surface area contributed by atoms with Crippen LogP contribution in [0.4, 0.5) is 4.39 Å². The van der Waals surface area contributed by atoms with E-state index in [4.69, 9.17) is 16.3 Å². The third-order valence-corrected chi connectivity index (χ3v) is 9.13. The zero-order chi connectivity index (χ0) is 25.8. The molecule has 37 heavy (non-hydrogen) atoms. The van der Waals surface area contributed by atoms with Crippen LogP contribution >= 0.6 is 11.6 Å². The molecule has 0 unspecified atom stereocenters. The van der Waals surface area contributed by atoms with E-state index in [1.54, 1.807) is 18.3 Å². The van der Waals surface area contributed by atoms with Gasteiger partial charge in [0.05, 0.1) is 22.6 Å². The number of fused-ring (bicyclic) bond motifs is 6. The fraction of sp³-hybridized carbons (Fsp3) is 0.464. The summed E-state index contributed by atoms with van der Waals surface area (Å²) in [6.45, 7) is 1.44. The molecule has 3 fully saturated rings. The Kier molecular flexibility index (Phi) is 5.99. The molecule has 0 saturated heterocycles. The molecule has 0 atom stereocenters. The largest absolute Gasteiger partial charge is 0.481 e. The Morgan fingerprint density at radius 3 is 2.59 bits per heavy atom. The summed E-state index contributed by atoms with van der Waals surface area (Å²) in [7, 11) is 0. The number of aliphatic carboxylic acids is 1. The minimum Gasteiger partial charge on any atom is -0.481 e. The Bertz CT molecular complexity index is 1380. The number of benzene rings is 1. The highest BCUT2D eigenvalue weighted by atomic mass is 35.5. The van der Waals surface area contributed by atoms with Crippen molar-refractivity contribution in [1.29, 1.82) is 0 Å². The molecule has 2 aromatic heterocycles. The number of hydrogen-bond acceptors (Lipinski definition) is 4. The van der Waals surface area contributed by atoms with E-state index >= 15 is 0 Å². The topological polar surface area (TPSA) is 84.7 Å². The number of carboxylic acid groups (broad SMARTS) is 1. The van der Waals surface area contributed by atoms with Crippen LogP contribution in [0.25, 0.3) is 11.0 Å². The second kappa shape index (κ2) is 9.10. The SMILES string of the molecule is O=C(COC12CCC(C(=O)O)(CC1)CC2)N1CCc2c(n(Cc3ccc(Cl)c(F)c3)c3ncccc23)C1. The average Bonchev–Trinajstić information content (AvgIpc) is 3.23. The van der Waals surface area contributed by atoms with Crippen molar-refractivity contribution in [2.24, 2.45) is 5.41 Å². The highest BCUT2D eigenvalue weighted by molar-refractivity contribution is 6.30. The van der Waals surface area contributed by atoms with Crippen molar-refractivity contribution < 1.29 is 23.8 Å². The number of aromatic nitrogens is 2. The molecule has 7 rings (SSSR count). The summed E-state index contributed by atoms with van der Waals surface area (Å²) in [5, 5.41) is 10.8. The van der Waals surface area contributed by atoms with Crippen LogP contribution in [0.15, 0.2) is 36.5 Å². The molecular weight excluding hydrogens is 497 g/mol. The lowest BCUT2D eigenvalue weighted by Gasteiger charge is -2.50. The number of carbonyl (C=O) groups is 2. The molecule has 0 spiro atoms. The van der Waals surface area contributed by atoms with E-state index in [9.17, 15) is 19.1 Å². The van der Waals surface area contributed by atoms with Gasteiger partial charge in [0.2, 0.25) is 5.91 Å². The number of pyridine rings is 1. The third kappa shape index (κ3) is 4.20. The van der Waals surface area contributed by atoms with Gasteiger partial charge in [0.15, 0.2) is 0 Å². The van der Waals surface area contributed by atoms with E-state index in [2.05, 4.69) is 9.55 Å². The van der Waals surface area contributed by atoms with Gasteiger partial charge < -0.3 is 19.3 Å². The van der Waals surface area contributed by atoms with Crippen LogP contribution in [-0.4, -0.2) is 50.2 Å². The van der Waals surface area contributed by atoms with E-state index in [0.717, 1.165) is 22.3 Å². The van der Waals surface area contributed by atoms with Gasteiger partial charge in [-0.3, -0.25) is 9.59 Å². The Morgan fingerprint density at radius 2 is 1.89 bits per heavy atom. The summed E-state index contributed by atoms with van der Waals surface area (Å²) < 4.78 is 22.4. The number of ether oxygens (including phenoxy) is 1. The van der Waals surface area contributed by atoms with Crippen LogP contribution < -0.4 is 0 Å². The molecule has 4 aliphatic rings. The van der Waals surface area contributed by atoms with Gasteiger partial charge in [0.1, 0.15) is 18.1 Å². The second-order valence-electron chi connectivity index (χ2n) is 10.8. The normalized spacial score (nSPS) is 24.9. The van der Waals surface area contributed by atoms with Crippen LogP contribution in [-0.2, 0) is 33.8 Å². The van der Waals surface area contributed by atoms with Gasteiger partial charge >= 0.3 is 5.97 Å². The van der Waals surface area contributed by atoms with Gasteiger partial charge in [-0.05, 0) is 80.3 Å². The average molecular weight is 526 g/mol. The first-order valence-electron chi connectivity index (χ1n) is 12.8. The van der Waals surface area contributed by atoms with Crippen molar-refractivity contribution >= 4 is 34.5 Å². The highest BCUT2D eigenvalue weighted by Crippen LogP contribution is 2.54. The van der Waals surface area contributed by atoms with Crippen molar-refractivity contribution in [3.63, 3.8) is 0 Å². The number of carbonyl (C=O) groups excluding carboxylic acids is 1. The molecule has 194 valence electrons. The lowest BCUT2D eigenvalue weighted by molar-refractivity contribution is -0.178. The highest BCUT2D eigenvalue weighted by Gasteiger charge is 2.53. The van der Waals surface area contributed by atoms with Gasteiger partial charge in [0, 0.05) is 30.4 Å². The van der Waals surface area contributed by atoms with Crippen LogP contribution in [0.3, 0.4) is 0 Å². The van der Waals surface area contributed by atoms with E-state index in [-0.39, 0.29) is 23.1 Å². The summed E-state index contributed by atoms with van der Waals surface area (Å²) >= 11 is 5.88. The van der Waals surface area contributed by atoms with E-state index < -0.39 is 17.2 Å². The smallest absolute Gasteiger partial charge is 0.309 e. The maximum Gasteiger partial charge on any atom is 0.309 e. The Hall–Kier alpha value is -2.97. The standard InChI is InChI=1S/C28H29ClFN3O4/c29-21-4-3-18(14-22(21)30)15-33-23-16-32(13-5-19(23)20-2-1-12-31-25(20)33)24(34)17-37-28-9-6-27(7-10-28,8-11-28)26(35)36/h1-4,12,14H,5-11,13,15-17H2,(H,35,36). The maximum atomic E-state index is 14.1. The number of hydrogen-bond donors (Lipinski definition) is 1. The first-order chi connectivity index (χ1) is 17.8. The van der Waals surface area contributed by atoms with Crippen molar-refractivity contribution in [3.8, 4) is 0 Å². The molecule has 0 radical (unpaired) electrons. The molecule has 1 N–H and O–H groups in total. The summed E-state index contributed by atoms with van der Waals surface area (Å²) in [6.07, 6.45) is 6.36. The molecule has 2 bridgehead atoms. The Morgan fingerprint density at radius 1 is 1.14 bits per heavy atom. The molecule has 1 aliphatic heterocycles. The molecule has 3 heterocycles. The van der Waals surface area contributed by atoms with E-state index in [0.29, 0.717) is 64.6 Å². The van der Waals surface area contributed by atoms with Crippen LogP contribution in [0.5, 0.6) is 0 Å².